The number of pyridine rings is 1. The predicted octanol–water partition coefficient (Wildman–Crippen LogP) is 2.78. The van der Waals surface area contributed by atoms with Gasteiger partial charge in [-0.05, 0) is 25.8 Å². The summed E-state index contributed by atoms with van der Waals surface area (Å²) >= 11 is 0. The fourth-order valence-corrected chi connectivity index (χ4v) is 2.85. The van der Waals surface area contributed by atoms with Crippen molar-refractivity contribution in [1.29, 1.82) is 0 Å². The van der Waals surface area contributed by atoms with Gasteiger partial charge in [0.05, 0.1) is 18.5 Å². The summed E-state index contributed by atoms with van der Waals surface area (Å²) in [6.07, 6.45) is 6.37. The molecule has 1 aliphatic rings. The molecule has 6 nitrogen and oxygen atoms in total. The molecule has 6 heteroatoms. The van der Waals surface area contributed by atoms with Crippen LogP contribution in [0.3, 0.4) is 0 Å². The zero-order valence-corrected chi connectivity index (χ0v) is 14.0. The molecule has 1 aromatic heterocycles. The number of carbonyl (C=O) groups is 1. The number of carbonyl (C=O) groups excluding carboxylic acids is 1. The predicted molar refractivity (Wildman–Crippen MR) is 87.7 cm³/mol. The normalized spacial score (nSPS) is 16.8. The summed E-state index contributed by atoms with van der Waals surface area (Å²) in [6, 6.07) is 3.52. The highest BCUT2D eigenvalue weighted by Crippen LogP contribution is 2.33. The standard InChI is InChI=1S/C17H26N2O4/c1-3-23-17(9-5-4-6-10-17)16(20)19-14-7-8-15(18-13-14)22-12-11-21-2/h7-8,13H,3-6,9-12H2,1-2H3,(H,19,20). The summed E-state index contributed by atoms with van der Waals surface area (Å²) in [4.78, 5) is 16.8. The molecule has 1 heterocycles. The van der Waals surface area contributed by atoms with Gasteiger partial charge in [0.2, 0.25) is 5.88 Å². The zero-order chi connectivity index (χ0) is 16.5. The van der Waals surface area contributed by atoms with Crippen molar-refractivity contribution in [1.82, 2.24) is 4.98 Å². The van der Waals surface area contributed by atoms with Crippen LogP contribution in [-0.4, -0.2) is 43.4 Å². The lowest BCUT2D eigenvalue weighted by atomic mass is 9.83. The average Bonchev–Trinajstić information content (AvgIpc) is 2.58. The molecule has 1 aliphatic carbocycles. The maximum absolute atomic E-state index is 12.7. The van der Waals surface area contributed by atoms with Crippen LogP contribution in [0, 0.1) is 0 Å². The topological polar surface area (TPSA) is 69.7 Å². The van der Waals surface area contributed by atoms with Crippen molar-refractivity contribution in [3.63, 3.8) is 0 Å². The van der Waals surface area contributed by atoms with Crippen LogP contribution < -0.4 is 10.1 Å². The number of methoxy groups -OCH3 is 1. The van der Waals surface area contributed by atoms with Crippen LogP contribution in [0.2, 0.25) is 0 Å². The van der Waals surface area contributed by atoms with Crippen molar-refractivity contribution in [2.45, 2.75) is 44.6 Å². The van der Waals surface area contributed by atoms with E-state index in [2.05, 4.69) is 10.3 Å². The van der Waals surface area contributed by atoms with Gasteiger partial charge in [-0.3, -0.25) is 4.79 Å². The van der Waals surface area contributed by atoms with Gasteiger partial charge in [0.25, 0.3) is 5.91 Å². The Morgan fingerprint density at radius 2 is 2.04 bits per heavy atom. The van der Waals surface area contributed by atoms with Gasteiger partial charge in [-0.15, -0.1) is 0 Å². The van der Waals surface area contributed by atoms with E-state index in [0.29, 0.717) is 31.4 Å². The number of anilines is 1. The van der Waals surface area contributed by atoms with E-state index in [-0.39, 0.29) is 5.91 Å². The fraction of sp³-hybridized carbons (Fsp3) is 0.647. The number of nitrogens with zero attached hydrogens (tertiary/aromatic N) is 1. The third-order valence-corrected chi connectivity index (χ3v) is 4.03. The Balaban J connectivity index is 1.95. The van der Waals surface area contributed by atoms with E-state index in [9.17, 15) is 4.79 Å². The lowest BCUT2D eigenvalue weighted by Gasteiger charge is -2.35. The van der Waals surface area contributed by atoms with E-state index in [1.807, 2.05) is 6.92 Å². The third kappa shape index (κ3) is 4.91. The molecule has 0 spiro atoms. The van der Waals surface area contributed by atoms with Gasteiger partial charge in [0.15, 0.2) is 0 Å². The van der Waals surface area contributed by atoms with Gasteiger partial charge in [-0.2, -0.15) is 0 Å². The molecule has 0 radical (unpaired) electrons. The molecule has 0 bridgehead atoms. The van der Waals surface area contributed by atoms with E-state index in [1.54, 1.807) is 25.4 Å². The molecule has 1 aromatic rings. The molecule has 0 unspecified atom stereocenters. The first-order valence-electron chi connectivity index (χ1n) is 8.23. The summed E-state index contributed by atoms with van der Waals surface area (Å²) in [6.45, 7) is 3.43. The van der Waals surface area contributed by atoms with Crippen LogP contribution in [0.25, 0.3) is 0 Å². The van der Waals surface area contributed by atoms with Crippen LogP contribution in [0.1, 0.15) is 39.0 Å². The largest absolute Gasteiger partial charge is 0.475 e. The van der Waals surface area contributed by atoms with E-state index in [0.717, 1.165) is 32.1 Å². The van der Waals surface area contributed by atoms with Crippen molar-refractivity contribution in [3.05, 3.63) is 18.3 Å². The van der Waals surface area contributed by atoms with Crippen molar-refractivity contribution >= 4 is 11.6 Å². The summed E-state index contributed by atoms with van der Waals surface area (Å²) in [5, 5.41) is 2.93. The van der Waals surface area contributed by atoms with Crippen molar-refractivity contribution < 1.29 is 19.0 Å². The van der Waals surface area contributed by atoms with Crippen molar-refractivity contribution in [2.75, 3.05) is 32.2 Å². The van der Waals surface area contributed by atoms with E-state index < -0.39 is 5.60 Å². The monoisotopic (exact) mass is 322 g/mol. The highest BCUT2D eigenvalue weighted by molar-refractivity contribution is 5.97. The van der Waals surface area contributed by atoms with E-state index in [4.69, 9.17) is 14.2 Å². The molecule has 2 rings (SSSR count). The van der Waals surface area contributed by atoms with Crippen LogP contribution >= 0.6 is 0 Å². The highest BCUT2D eigenvalue weighted by Gasteiger charge is 2.40. The number of hydrogen-bond donors (Lipinski definition) is 1. The van der Waals surface area contributed by atoms with Gasteiger partial charge >= 0.3 is 0 Å². The Morgan fingerprint density at radius 3 is 2.65 bits per heavy atom. The highest BCUT2D eigenvalue weighted by atomic mass is 16.5. The van der Waals surface area contributed by atoms with Gasteiger partial charge in [-0.25, -0.2) is 4.98 Å². The second-order valence-corrected chi connectivity index (χ2v) is 5.67. The van der Waals surface area contributed by atoms with Crippen LogP contribution in [0.15, 0.2) is 18.3 Å². The van der Waals surface area contributed by atoms with Gasteiger partial charge in [-0.1, -0.05) is 19.3 Å². The minimum absolute atomic E-state index is 0.0751. The molecule has 128 valence electrons. The molecule has 1 fully saturated rings. The first-order chi connectivity index (χ1) is 11.2. The van der Waals surface area contributed by atoms with Crippen LogP contribution in [0.4, 0.5) is 5.69 Å². The lowest BCUT2D eigenvalue weighted by Crippen LogP contribution is -2.47. The summed E-state index contributed by atoms with van der Waals surface area (Å²) in [5.41, 5.74) is -0.0422. The maximum atomic E-state index is 12.7. The Morgan fingerprint density at radius 1 is 1.26 bits per heavy atom. The molecule has 0 saturated heterocycles. The molecule has 0 aromatic carbocycles. The SMILES string of the molecule is CCOC1(C(=O)Nc2ccc(OCCOC)nc2)CCCCC1. The summed E-state index contributed by atoms with van der Waals surface area (Å²) in [5.74, 6) is 0.436. The molecule has 23 heavy (non-hydrogen) atoms. The number of aromatic nitrogens is 1. The van der Waals surface area contributed by atoms with E-state index >= 15 is 0 Å². The Labute approximate surface area is 137 Å². The first-order valence-corrected chi connectivity index (χ1v) is 8.23. The second-order valence-electron chi connectivity index (χ2n) is 5.67. The van der Waals surface area contributed by atoms with Gasteiger partial charge in [0, 0.05) is 19.8 Å². The van der Waals surface area contributed by atoms with Gasteiger partial charge in [0.1, 0.15) is 12.2 Å². The first kappa shape index (κ1) is 17.7. The Kier molecular flexibility index (Phi) is 6.80. The Bertz CT molecular complexity index is 478. The number of nitrogens with one attached hydrogen (secondary N) is 1. The number of rotatable bonds is 8. The minimum Gasteiger partial charge on any atom is -0.475 e. The quantitative estimate of drug-likeness (QED) is 0.745. The second kappa shape index (κ2) is 8.84. The molecule has 1 amide bonds. The van der Waals surface area contributed by atoms with Crippen molar-refractivity contribution in [3.8, 4) is 5.88 Å². The third-order valence-electron chi connectivity index (χ3n) is 4.03. The molecule has 0 atom stereocenters. The average molecular weight is 322 g/mol. The number of hydrogen-bond acceptors (Lipinski definition) is 5. The van der Waals surface area contributed by atoms with Gasteiger partial charge < -0.3 is 19.5 Å². The lowest BCUT2D eigenvalue weighted by molar-refractivity contribution is -0.145. The molecule has 1 saturated carbocycles. The van der Waals surface area contributed by atoms with E-state index in [1.165, 1.54) is 0 Å². The molecule has 0 aliphatic heterocycles. The van der Waals surface area contributed by atoms with Crippen LogP contribution in [-0.2, 0) is 14.3 Å². The molecular formula is C17H26N2O4. The summed E-state index contributed by atoms with van der Waals surface area (Å²) in [7, 11) is 1.62. The molecule has 1 N–H and O–H groups in total. The molecular weight excluding hydrogens is 296 g/mol. The number of amides is 1. The smallest absolute Gasteiger partial charge is 0.256 e. The Hall–Kier alpha value is -1.66. The maximum Gasteiger partial charge on any atom is 0.256 e. The fourth-order valence-electron chi connectivity index (χ4n) is 2.85. The van der Waals surface area contributed by atoms with Crippen molar-refractivity contribution in [2.24, 2.45) is 0 Å². The minimum atomic E-state index is -0.694. The summed E-state index contributed by atoms with van der Waals surface area (Å²) < 4.78 is 16.1. The number of ether oxygens (including phenoxy) is 3. The zero-order valence-electron chi connectivity index (χ0n) is 14.0. The van der Waals surface area contributed by atoms with Crippen LogP contribution in [0.5, 0.6) is 5.88 Å².